The first-order valence-electron chi connectivity index (χ1n) is 7.72. The van der Waals surface area contributed by atoms with Gasteiger partial charge in [-0.05, 0) is 11.1 Å². The van der Waals surface area contributed by atoms with E-state index in [4.69, 9.17) is 0 Å². The Kier molecular flexibility index (Phi) is 2.82. The van der Waals surface area contributed by atoms with Crippen LogP contribution in [-0.2, 0) is 4.79 Å². The normalized spacial score (nSPS) is 21.6. The molecule has 0 N–H and O–H groups in total. The summed E-state index contributed by atoms with van der Waals surface area (Å²) in [5, 5.41) is 0.633. The average Bonchev–Trinajstić information content (AvgIpc) is 3.14. The molecule has 0 spiro atoms. The number of hydrogen-bond acceptors (Lipinski definition) is 4. The Balaban J connectivity index is 1.80. The van der Waals surface area contributed by atoms with Crippen molar-refractivity contribution in [3.8, 4) is 0 Å². The van der Waals surface area contributed by atoms with Gasteiger partial charge in [0.25, 0.3) is 0 Å². The topological polar surface area (TPSA) is 49.7 Å². The predicted molar refractivity (Wildman–Crippen MR) is 93.6 cm³/mol. The maximum absolute atomic E-state index is 12.8. The van der Waals surface area contributed by atoms with Crippen LogP contribution in [0.2, 0.25) is 0 Å². The van der Waals surface area contributed by atoms with Crippen LogP contribution in [0.5, 0.6) is 0 Å². The summed E-state index contributed by atoms with van der Waals surface area (Å²) >= 11 is 1.40. The first-order chi connectivity index (χ1) is 11.8. The Hall–Kier alpha value is -2.66. The highest BCUT2D eigenvalue weighted by Crippen LogP contribution is 2.49. The van der Waals surface area contributed by atoms with Crippen LogP contribution < -0.4 is 0 Å². The monoisotopic (exact) mass is 332 g/mol. The van der Waals surface area contributed by atoms with Crippen LogP contribution in [0.4, 0.5) is 0 Å². The van der Waals surface area contributed by atoms with Gasteiger partial charge in [0.1, 0.15) is 5.70 Å². The van der Waals surface area contributed by atoms with Gasteiger partial charge in [-0.3, -0.25) is 14.5 Å². The van der Waals surface area contributed by atoms with Crippen LogP contribution in [0, 0.1) is 0 Å². The molecule has 1 atom stereocenters. The van der Waals surface area contributed by atoms with Gasteiger partial charge in [-0.1, -0.05) is 66.4 Å². The van der Waals surface area contributed by atoms with Crippen molar-refractivity contribution in [3.63, 3.8) is 0 Å². The zero-order valence-corrected chi connectivity index (χ0v) is 13.4. The third-order valence-electron chi connectivity index (χ3n) is 4.59. The fourth-order valence-electron chi connectivity index (χ4n) is 3.57. The fraction of sp³-hybridized carbons (Fsp3) is 0.105. The van der Waals surface area contributed by atoms with E-state index in [1.807, 2.05) is 54.6 Å². The number of thioether (sulfide) groups is 1. The highest BCUT2D eigenvalue weighted by Gasteiger charge is 2.46. The predicted octanol–water partition coefficient (Wildman–Crippen LogP) is 3.28. The van der Waals surface area contributed by atoms with Gasteiger partial charge in [0, 0.05) is 11.1 Å². The maximum atomic E-state index is 12.8. The zero-order chi connectivity index (χ0) is 16.3. The largest absolute Gasteiger partial charge is 0.287 e. The lowest BCUT2D eigenvalue weighted by Gasteiger charge is -2.32. The quantitative estimate of drug-likeness (QED) is 0.805. The van der Waals surface area contributed by atoms with E-state index in [2.05, 4.69) is 4.99 Å². The van der Waals surface area contributed by atoms with Gasteiger partial charge in [-0.2, -0.15) is 0 Å². The summed E-state index contributed by atoms with van der Waals surface area (Å²) in [5.41, 5.74) is 3.89. The van der Waals surface area contributed by atoms with Crippen LogP contribution in [0.15, 0.2) is 65.3 Å². The summed E-state index contributed by atoms with van der Waals surface area (Å²) in [4.78, 5) is 31.6. The molecular weight excluding hydrogens is 320 g/mol. The van der Waals surface area contributed by atoms with Crippen molar-refractivity contribution in [3.05, 3.63) is 77.0 Å². The van der Waals surface area contributed by atoms with E-state index in [1.54, 1.807) is 4.90 Å². The first kappa shape index (κ1) is 13.7. The van der Waals surface area contributed by atoms with Crippen LogP contribution in [0.25, 0.3) is 5.57 Å². The van der Waals surface area contributed by atoms with E-state index in [0.29, 0.717) is 22.2 Å². The summed E-state index contributed by atoms with van der Waals surface area (Å²) in [7, 11) is 0. The van der Waals surface area contributed by atoms with Gasteiger partial charge < -0.3 is 0 Å². The summed E-state index contributed by atoms with van der Waals surface area (Å²) in [6.45, 7) is 0. The molecule has 1 saturated heterocycles. The van der Waals surface area contributed by atoms with Crippen LogP contribution in [-0.4, -0.2) is 27.5 Å². The minimum absolute atomic E-state index is 0.0379. The lowest BCUT2D eigenvalue weighted by Crippen LogP contribution is -2.36. The van der Waals surface area contributed by atoms with Crippen molar-refractivity contribution in [1.29, 1.82) is 0 Å². The minimum atomic E-state index is -0.288. The second-order valence-corrected chi connectivity index (χ2v) is 6.84. The fourth-order valence-corrected chi connectivity index (χ4v) is 4.46. The number of fused-ring (bicyclic) bond motifs is 3. The second-order valence-electron chi connectivity index (χ2n) is 5.90. The molecule has 5 heteroatoms. The van der Waals surface area contributed by atoms with Crippen molar-refractivity contribution in [2.45, 2.75) is 6.04 Å². The molecule has 24 heavy (non-hydrogen) atoms. The molecule has 1 fully saturated rings. The number of benzene rings is 2. The molecule has 2 heterocycles. The number of nitrogens with zero attached hydrogens (tertiary/aromatic N) is 2. The van der Waals surface area contributed by atoms with Gasteiger partial charge in [0.05, 0.1) is 11.8 Å². The number of ketones is 1. The van der Waals surface area contributed by atoms with Crippen molar-refractivity contribution >= 4 is 34.2 Å². The second kappa shape index (κ2) is 4.92. The van der Waals surface area contributed by atoms with E-state index in [1.165, 1.54) is 11.8 Å². The smallest absolute Gasteiger partial charge is 0.239 e. The summed E-state index contributed by atoms with van der Waals surface area (Å²) < 4.78 is 0. The molecule has 4 nitrogen and oxygen atoms in total. The number of carbonyl (C=O) groups is 2. The number of aliphatic imine (C=N–C) groups is 1. The zero-order valence-electron chi connectivity index (χ0n) is 12.6. The molecule has 1 aliphatic carbocycles. The van der Waals surface area contributed by atoms with Gasteiger partial charge in [0.15, 0.2) is 5.17 Å². The van der Waals surface area contributed by atoms with E-state index in [-0.39, 0.29) is 17.7 Å². The van der Waals surface area contributed by atoms with Gasteiger partial charge in [-0.25, -0.2) is 4.99 Å². The number of amidine groups is 1. The number of allylic oxidation sites excluding steroid dienone is 1. The number of amides is 1. The van der Waals surface area contributed by atoms with E-state index < -0.39 is 0 Å². The van der Waals surface area contributed by atoms with E-state index in [0.717, 1.165) is 16.7 Å². The van der Waals surface area contributed by atoms with Gasteiger partial charge >= 0.3 is 0 Å². The molecule has 116 valence electrons. The number of carbonyl (C=O) groups excluding carboxylic acids is 2. The molecular formula is C19H12N2O2S. The molecule has 2 aromatic rings. The highest BCUT2D eigenvalue weighted by atomic mass is 32.2. The van der Waals surface area contributed by atoms with E-state index in [9.17, 15) is 9.59 Å². The SMILES string of the molecule is O=C1C2=C(c3ccccc31)C(c1ccccc1)N1C(=O)CSC1=N2. The molecule has 0 bridgehead atoms. The molecule has 0 aromatic heterocycles. The molecule has 3 aliphatic rings. The van der Waals surface area contributed by atoms with Crippen molar-refractivity contribution in [2.24, 2.45) is 4.99 Å². The van der Waals surface area contributed by atoms with Crippen LogP contribution in [0.1, 0.15) is 27.5 Å². The number of hydrogen-bond donors (Lipinski definition) is 0. The Morgan fingerprint density at radius 2 is 1.67 bits per heavy atom. The average molecular weight is 332 g/mol. The van der Waals surface area contributed by atoms with E-state index >= 15 is 0 Å². The molecule has 2 aromatic carbocycles. The van der Waals surface area contributed by atoms with Crippen LogP contribution in [0.3, 0.4) is 0 Å². The third kappa shape index (κ3) is 1.73. The summed E-state index contributed by atoms with van der Waals surface area (Å²) in [6.07, 6.45) is 0. The standard InChI is InChI=1S/C19H12N2O2S/c22-14-10-24-19-20-16-15(12-8-4-5-9-13(12)18(16)23)17(21(14)19)11-6-2-1-3-7-11/h1-9,17H,10H2. The summed E-state index contributed by atoms with van der Waals surface area (Å²) in [5.74, 6) is 0.364. The first-order valence-corrected chi connectivity index (χ1v) is 8.71. The third-order valence-corrected chi connectivity index (χ3v) is 5.52. The van der Waals surface area contributed by atoms with Crippen molar-refractivity contribution in [2.75, 3.05) is 5.75 Å². The molecule has 1 unspecified atom stereocenters. The van der Waals surface area contributed by atoms with Crippen LogP contribution >= 0.6 is 11.8 Å². The lowest BCUT2D eigenvalue weighted by molar-refractivity contribution is -0.125. The Morgan fingerprint density at radius 1 is 0.958 bits per heavy atom. The Bertz CT molecular complexity index is 962. The van der Waals surface area contributed by atoms with Crippen molar-refractivity contribution in [1.82, 2.24) is 4.90 Å². The van der Waals surface area contributed by atoms with Gasteiger partial charge in [0.2, 0.25) is 11.7 Å². The Morgan fingerprint density at radius 3 is 2.46 bits per heavy atom. The molecule has 0 radical (unpaired) electrons. The molecule has 2 aliphatic heterocycles. The number of Topliss-reactive ketones (excluding diaryl/α,β-unsaturated/α-hetero) is 1. The lowest BCUT2D eigenvalue weighted by atomic mass is 9.91. The Labute approximate surface area is 142 Å². The molecule has 1 amide bonds. The minimum Gasteiger partial charge on any atom is -0.287 e. The summed E-state index contributed by atoms with van der Waals surface area (Å²) in [6, 6.07) is 17.1. The van der Waals surface area contributed by atoms with Crippen molar-refractivity contribution < 1.29 is 9.59 Å². The number of rotatable bonds is 1. The maximum Gasteiger partial charge on any atom is 0.239 e. The molecule has 5 rings (SSSR count). The highest BCUT2D eigenvalue weighted by molar-refractivity contribution is 8.15. The molecule has 0 saturated carbocycles. The van der Waals surface area contributed by atoms with Gasteiger partial charge in [-0.15, -0.1) is 0 Å².